The Balaban J connectivity index is 0.00000133. The van der Waals surface area contributed by atoms with Gasteiger partial charge in [-0.05, 0) is 24.2 Å². The zero-order valence-corrected chi connectivity index (χ0v) is 12.0. The highest BCUT2D eigenvalue weighted by Crippen LogP contribution is 2.39. The van der Waals surface area contributed by atoms with Crippen LogP contribution in [0.1, 0.15) is 29.5 Å². The summed E-state index contributed by atoms with van der Waals surface area (Å²) in [5.74, 6) is 2.62. The molecule has 2 aromatic rings. The smallest absolute Gasteiger partial charge is 0.240 e. The molecule has 102 valence electrons. The van der Waals surface area contributed by atoms with Gasteiger partial charge in [0.1, 0.15) is 0 Å². The van der Waals surface area contributed by atoms with Gasteiger partial charge < -0.3 is 10.3 Å². The minimum absolute atomic E-state index is 0. The maximum atomic E-state index is 5.57. The molecule has 1 unspecified atom stereocenters. The van der Waals surface area contributed by atoms with E-state index in [4.69, 9.17) is 10.3 Å². The molecule has 19 heavy (non-hydrogen) atoms. The highest BCUT2D eigenvalue weighted by atomic mass is 35.5. The van der Waals surface area contributed by atoms with Crippen molar-refractivity contribution in [1.82, 2.24) is 10.1 Å². The van der Waals surface area contributed by atoms with E-state index in [9.17, 15) is 0 Å². The molecule has 1 aliphatic heterocycles. The Labute approximate surface area is 122 Å². The molecule has 1 aromatic heterocycles. The van der Waals surface area contributed by atoms with E-state index in [0.29, 0.717) is 17.6 Å². The normalized spacial score (nSPS) is 18.3. The number of thioether (sulfide) groups is 1. The molecule has 0 saturated carbocycles. The summed E-state index contributed by atoms with van der Waals surface area (Å²) in [6, 6.07) is 7.96. The second-order valence-corrected chi connectivity index (χ2v) is 5.67. The number of rotatable bonds is 3. The van der Waals surface area contributed by atoms with Crippen molar-refractivity contribution in [3.63, 3.8) is 0 Å². The average molecular weight is 298 g/mol. The van der Waals surface area contributed by atoms with Crippen LogP contribution in [0.25, 0.3) is 11.4 Å². The average Bonchev–Trinajstić information content (AvgIpc) is 3.09. The first-order valence-electron chi connectivity index (χ1n) is 6.11. The van der Waals surface area contributed by atoms with E-state index in [0.717, 1.165) is 23.4 Å². The van der Waals surface area contributed by atoms with Gasteiger partial charge in [0, 0.05) is 12.1 Å². The fraction of sp³-hybridized carbons (Fsp3) is 0.385. The predicted molar refractivity (Wildman–Crippen MR) is 79.3 cm³/mol. The van der Waals surface area contributed by atoms with Gasteiger partial charge in [-0.3, -0.25) is 0 Å². The van der Waals surface area contributed by atoms with Crippen molar-refractivity contribution in [2.24, 2.45) is 5.73 Å². The Morgan fingerprint density at radius 3 is 2.74 bits per heavy atom. The van der Waals surface area contributed by atoms with Crippen LogP contribution in [0.4, 0.5) is 0 Å². The van der Waals surface area contributed by atoms with Gasteiger partial charge in [-0.2, -0.15) is 4.98 Å². The molecule has 1 aromatic carbocycles. The Kier molecular flexibility index (Phi) is 4.85. The minimum atomic E-state index is 0. The first kappa shape index (κ1) is 14.4. The standard InChI is InChI=1S/C13H15N3OS.ClH/c14-8-9-3-5-10(6-4-9)12-15-13(17-16-12)11-2-1-7-18-11;/h3-6,11H,1-2,7-8,14H2;1H. The van der Waals surface area contributed by atoms with E-state index in [1.165, 1.54) is 12.2 Å². The van der Waals surface area contributed by atoms with Crippen LogP contribution in [0.3, 0.4) is 0 Å². The molecule has 2 N–H and O–H groups in total. The van der Waals surface area contributed by atoms with Gasteiger partial charge in [0.15, 0.2) is 0 Å². The molecule has 1 aliphatic rings. The van der Waals surface area contributed by atoms with Gasteiger partial charge in [-0.15, -0.1) is 24.2 Å². The summed E-state index contributed by atoms with van der Waals surface area (Å²) in [5, 5.41) is 4.44. The number of halogens is 1. The lowest BCUT2D eigenvalue weighted by Gasteiger charge is -1.99. The summed E-state index contributed by atoms with van der Waals surface area (Å²) in [4.78, 5) is 4.49. The second-order valence-electron chi connectivity index (χ2n) is 4.36. The molecule has 0 radical (unpaired) electrons. The molecule has 1 fully saturated rings. The highest BCUT2D eigenvalue weighted by molar-refractivity contribution is 7.99. The molecule has 0 bridgehead atoms. The van der Waals surface area contributed by atoms with Crippen LogP contribution in [-0.4, -0.2) is 15.9 Å². The zero-order chi connectivity index (χ0) is 12.4. The summed E-state index contributed by atoms with van der Waals surface area (Å²) >= 11 is 1.90. The van der Waals surface area contributed by atoms with Gasteiger partial charge in [0.25, 0.3) is 0 Å². The Morgan fingerprint density at radius 2 is 2.11 bits per heavy atom. The molecular weight excluding hydrogens is 282 g/mol. The van der Waals surface area contributed by atoms with E-state index in [2.05, 4.69) is 10.1 Å². The first-order valence-corrected chi connectivity index (χ1v) is 7.16. The van der Waals surface area contributed by atoms with Crippen molar-refractivity contribution in [3.05, 3.63) is 35.7 Å². The van der Waals surface area contributed by atoms with E-state index in [1.54, 1.807) is 0 Å². The van der Waals surface area contributed by atoms with Gasteiger partial charge >= 0.3 is 0 Å². The summed E-state index contributed by atoms with van der Waals surface area (Å²) < 4.78 is 5.35. The molecule has 1 atom stereocenters. The van der Waals surface area contributed by atoms with Crippen molar-refractivity contribution >= 4 is 24.2 Å². The molecular formula is C13H16ClN3OS. The fourth-order valence-electron chi connectivity index (χ4n) is 2.05. The topological polar surface area (TPSA) is 64.9 Å². The van der Waals surface area contributed by atoms with Crippen LogP contribution in [0, 0.1) is 0 Å². The third-order valence-corrected chi connectivity index (χ3v) is 4.46. The van der Waals surface area contributed by atoms with E-state index in [1.807, 2.05) is 36.0 Å². The Hall–Kier alpha value is -1.04. The fourth-order valence-corrected chi connectivity index (χ4v) is 3.24. The Morgan fingerprint density at radius 1 is 1.32 bits per heavy atom. The summed E-state index contributed by atoms with van der Waals surface area (Å²) in [6.45, 7) is 0.552. The van der Waals surface area contributed by atoms with Gasteiger partial charge in [-0.1, -0.05) is 29.4 Å². The number of nitrogens with two attached hydrogens (primary N) is 1. The van der Waals surface area contributed by atoms with E-state index < -0.39 is 0 Å². The molecule has 4 nitrogen and oxygen atoms in total. The summed E-state index contributed by atoms with van der Waals surface area (Å²) in [5.41, 5.74) is 7.66. The van der Waals surface area contributed by atoms with Crippen LogP contribution in [0.2, 0.25) is 0 Å². The van der Waals surface area contributed by atoms with Crippen LogP contribution >= 0.6 is 24.2 Å². The molecule has 2 heterocycles. The number of hydrogen-bond donors (Lipinski definition) is 1. The third kappa shape index (κ3) is 3.11. The van der Waals surface area contributed by atoms with E-state index in [-0.39, 0.29) is 12.4 Å². The molecule has 3 rings (SSSR count). The van der Waals surface area contributed by atoms with Crippen molar-refractivity contribution in [2.75, 3.05) is 5.75 Å². The maximum absolute atomic E-state index is 5.57. The molecule has 6 heteroatoms. The van der Waals surface area contributed by atoms with Crippen LogP contribution in [-0.2, 0) is 6.54 Å². The van der Waals surface area contributed by atoms with Crippen molar-refractivity contribution in [2.45, 2.75) is 24.6 Å². The molecule has 0 spiro atoms. The molecule has 1 saturated heterocycles. The quantitative estimate of drug-likeness (QED) is 0.942. The largest absolute Gasteiger partial charge is 0.338 e. The molecule has 0 amide bonds. The monoisotopic (exact) mass is 297 g/mol. The number of hydrogen-bond acceptors (Lipinski definition) is 5. The highest BCUT2D eigenvalue weighted by Gasteiger charge is 2.23. The lowest BCUT2D eigenvalue weighted by Crippen LogP contribution is -1.95. The lowest BCUT2D eigenvalue weighted by atomic mass is 10.1. The minimum Gasteiger partial charge on any atom is -0.338 e. The number of aromatic nitrogens is 2. The second kappa shape index (κ2) is 6.41. The maximum Gasteiger partial charge on any atom is 0.240 e. The number of benzene rings is 1. The zero-order valence-electron chi connectivity index (χ0n) is 10.4. The van der Waals surface area contributed by atoms with Crippen LogP contribution in [0.5, 0.6) is 0 Å². The van der Waals surface area contributed by atoms with E-state index >= 15 is 0 Å². The predicted octanol–water partition coefficient (Wildman–Crippen LogP) is 3.19. The van der Waals surface area contributed by atoms with Crippen molar-refractivity contribution < 1.29 is 4.52 Å². The number of nitrogens with zero attached hydrogens (tertiary/aromatic N) is 2. The summed E-state index contributed by atoms with van der Waals surface area (Å²) in [6.07, 6.45) is 2.37. The van der Waals surface area contributed by atoms with Crippen LogP contribution < -0.4 is 5.73 Å². The third-order valence-electron chi connectivity index (χ3n) is 3.09. The Bertz CT molecular complexity index is 523. The van der Waals surface area contributed by atoms with Gasteiger partial charge in [-0.25, -0.2) is 0 Å². The van der Waals surface area contributed by atoms with Crippen molar-refractivity contribution in [3.8, 4) is 11.4 Å². The van der Waals surface area contributed by atoms with Crippen molar-refractivity contribution in [1.29, 1.82) is 0 Å². The first-order chi connectivity index (χ1) is 8.86. The summed E-state index contributed by atoms with van der Waals surface area (Å²) in [7, 11) is 0. The SMILES string of the molecule is Cl.NCc1ccc(-c2noc(C3CCCS3)n2)cc1. The van der Waals surface area contributed by atoms with Gasteiger partial charge in [0.05, 0.1) is 5.25 Å². The van der Waals surface area contributed by atoms with Gasteiger partial charge in [0.2, 0.25) is 11.7 Å². The van der Waals surface area contributed by atoms with Crippen LogP contribution in [0.15, 0.2) is 28.8 Å². The lowest BCUT2D eigenvalue weighted by molar-refractivity contribution is 0.375. The molecule has 0 aliphatic carbocycles.